The van der Waals surface area contributed by atoms with Gasteiger partial charge in [-0.15, -0.1) is 0 Å². The predicted octanol–water partition coefficient (Wildman–Crippen LogP) is 8.25. The molecule has 15 nitrogen and oxygen atoms in total. The Balaban J connectivity index is 1.39. The van der Waals surface area contributed by atoms with Gasteiger partial charge in [-0.1, -0.05) is 42.0 Å². The first-order chi connectivity index (χ1) is 28.9. The molecule has 1 N–H and O–H groups in total. The zero-order valence-electron chi connectivity index (χ0n) is 36.0. The van der Waals surface area contributed by atoms with Crippen molar-refractivity contribution in [2.45, 2.75) is 95.3 Å². The van der Waals surface area contributed by atoms with Crippen LogP contribution in [0.4, 0.5) is 21.0 Å². The average molecular weight is 890 g/mol. The number of sulfonamides is 2. The molecule has 5 aromatic rings. The number of ether oxygens (including phenoxy) is 3. The van der Waals surface area contributed by atoms with Crippen LogP contribution in [0.2, 0.25) is 0 Å². The Bertz CT molecular complexity index is 2740. The van der Waals surface area contributed by atoms with Crippen LogP contribution in [0.1, 0.15) is 65.5 Å². The van der Waals surface area contributed by atoms with Gasteiger partial charge in [0.2, 0.25) is 0 Å². The van der Waals surface area contributed by atoms with Crippen molar-refractivity contribution in [3.8, 4) is 11.1 Å². The molecule has 0 radical (unpaired) electrons. The SMILES string of the molecule is Cc1ccc(S(=O)(=O)N(c2ccc3oc(=O)c(-c4ccccc4C)cc3c2)S(=O)(=O)c2ccc(N(C)C(=O)OCCC[C@H](NC(=O)OC(C)(C)C)C(=O)OC(C)(C)C)cc2)cc1. The van der Waals surface area contributed by atoms with Gasteiger partial charge in [0.05, 0.1) is 27.6 Å². The molecule has 0 saturated carbocycles. The third-order valence-electron chi connectivity index (χ3n) is 9.16. The van der Waals surface area contributed by atoms with E-state index in [4.69, 9.17) is 18.6 Å². The lowest BCUT2D eigenvalue weighted by Crippen LogP contribution is -2.46. The lowest BCUT2D eigenvalue weighted by atomic mass is 10.0. The molecule has 0 aliphatic heterocycles. The minimum absolute atomic E-state index is 0.0548. The standard InChI is InChI=1S/C45H51N3O12S2/c1-29-16-21-34(22-17-29)61(53,54)48(33-20-25-39-31(27-33)28-37(40(49)58-39)36-14-11-10-13-30(36)2)62(55,56)35-23-18-32(19-24-35)47(9)43(52)57-26-12-15-38(41(50)59-44(3,4)5)46-42(51)60-45(6,7)8/h10-11,13-14,16-25,27-28,38H,12,15,26H2,1-9H3,(H,46,51)/t38-/m0/s1. The minimum Gasteiger partial charge on any atom is -0.458 e. The molecular weight excluding hydrogens is 839 g/mol. The third kappa shape index (κ3) is 11.4. The number of rotatable bonds is 13. The quantitative estimate of drug-likeness (QED) is 0.0515. The summed E-state index contributed by atoms with van der Waals surface area (Å²) in [4.78, 5) is 51.8. The lowest BCUT2D eigenvalue weighted by molar-refractivity contribution is -0.157. The van der Waals surface area contributed by atoms with Crippen LogP contribution in [0, 0.1) is 13.8 Å². The topological polar surface area (TPSA) is 196 Å². The Kier molecular flexibility index (Phi) is 13.9. The van der Waals surface area contributed by atoms with Gasteiger partial charge in [0.25, 0.3) is 20.0 Å². The summed E-state index contributed by atoms with van der Waals surface area (Å²) >= 11 is 0. The van der Waals surface area contributed by atoms with Crippen LogP contribution in [0.15, 0.2) is 116 Å². The number of carbonyl (C=O) groups excluding carboxylic acids is 3. The van der Waals surface area contributed by atoms with Gasteiger partial charge in [-0.25, -0.2) is 36.0 Å². The summed E-state index contributed by atoms with van der Waals surface area (Å²) in [6, 6.07) is 22.2. The van der Waals surface area contributed by atoms with E-state index in [1.807, 2.05) is 19.1 Å². The number of esters is 1. The van der Waals surface area contributed by atoms with E-state index >= 15 is 0 Å². The van der Waals surface area contributed by atoms with Crippen LogP contribution in [0.25, 0.3) is 22.1 Å². The fourth-order valence-electron chi connectivity index (χ4n) is 6.16. The van der Waals surface area contributed by atoms with E-state index in [1.54, 1.807) is 72.7 Å². The van der Waals surface area contributed by atoms with Gasteiger partial charge in [0.1, 0.15) is 22.8 Å². The normalized spacial score (nSPS) is 12.6. The van der Waals surface area contributed by atoms with Crippen molar-refractivity contribution in [1.82, 2.24) is 5.32 Å². The van der Waals surface area contributed by atoms with E-state index in [9.17, 15) is 36.0 Å². The molecule has 0 spiro atoms. The summed E-state index contributed by atoms with van der Waals surface area (Å²) in [6.07, 6.45) is -1.42. The second kappa shape index (κ2) is 18.4. The Morgan fingerprint density at radius 3 is 1.87 bits per heavy atom. The number of hydrogen-bond acceptors (Lipinski definition) is 12. The number of fused-ring (bicyclic) bond motifs is 1. The van der Waals surface area contributed by atoms with Gasteiger partial charge < -0.3 is 23.9 Å². The maximum Gasteiger partial charge on any atom is 0.414 e. The number of nitrogens with one attached hydrogen (secondary N) is 1. The van der Waals surface area contributed by atoms with Gasteiger partial charge in [0.15, 0.2) is 0 Å². The largest absolute Gasteiger partial charge is 0.458 e. The molecule has 1 atom stereocenters. The van der Waals surface area contributed by atoms with E-state index in [1.165, 1.54) is 55.6 Å². The van der Waals surface area contributed by atoms with Crippen molar-refractivity contribution in [3.05, 3.63) is 119 Å². The maximum absolute atomic E-state index is 14.5. The Labute approximate surface area is 361 Å². The van der Waals surface area contributed by atoms with Gasteiger partial charge in [-0.3, -0.25) is 4.90 Å². The number of aryl methyl sites for hydroxylation is 2. The highest BCUT2D eigenvalue weighted by molar-refractivity contribution is 8.10. The molecule has 17 heteroatoms. The number of amides is 2. The van der Waals surface area contributed by atoms with E-state index in [-0.39, 0.29) is 52.3 Å². The Morgan fingerprint density at radius 1 is 0.726 bits per heavy atom. The van der Waals surface area contributed by atoms with Crippen molar-refractivity contribution in [3.63, 3.8) is 0 Å². The van der Waals surface area contributed by atoms with E-state index in [2.05, 4.69) is 5.32 Å². The van der Waals surface area contributed by atoms with Crippen molar-refractivity contribution in [1.29, 1.82) is 0 Å². The Morgan fingerprint density at radius 2 is 1.29 bits per heavy atom. The molecule has 1 heterocycles. The van der Waals surface area contributed by atoms with Crippen molar-refractivity contribution in [2.75, 3.05) is 22.3 Å². The van der Waals surface area contributed by atoms with E-state index in [0.717, 1.165) is 28.2 Å². The lowest BCUT2D eigenvalue weighted by Gasteiger charge is -2.26. The summed E-state index contributed by atoms with van der Waals surface area (Å²) < 4.78 is 79.9. The smallest absolute Gasteiger partial charge is 0.414 e. The minimum atomic E-state index is -4.90. The summed E-state index contributed by atoms with van der Waals surface area (Å²) in [5.41, 5.74) is 0.169. The fourth-order valence-corrected chi connectivity index (χ4v) is 9.83. The molecule has 0 fully saturated rings. The molecular formula is C45H51N3O12S2. The van der Waals surface area contributed by atoms with Crippen LogP contribution in [0.5, 0.6) is 0 Å². The van der Waals surface area contributed by atoms with Crippen LogP contribution in [-0.2, 0) is 39.1 Å². The highest BCUT2D eigenvalue weighted by Gasteiger charge is 2.37. The second-order valence-corrected chi connectivity index (χ2v) is 20.4. The van der Waals surface area contributed by atoms with E-state index in [0.29, 0.717) is 9.27 Å². The van der Waals surface area contributed by atoms with Gasteiger partial charge in [-0.2, -0.15) is 3.71 Å². The van der Waals surface area contributed by atoms with Gasteiger partial charge in [0, 0.05) is 18.1 Å². The molecule has 0 unspecified atom stereocenters. The molecule has 5 rings (SSSR count). The Hall–Kier alpha value is -6.20. The van der Waals surface area contributed by atoms with Crippen LogP contribution >= 0.6 is 0 Å². The number of alkyl carbamates (subject to hydrolysis) is 1. The predicted molar refractivity (Wildman–Crippen MR) is 235 cm³/mol. The summed E-state index contributed by atoms with van der Waals surface area (Å²) in [7, 11) is -8.31. The average Bonchev–Trinajstić information content (AvgIpc) is 3.17. The van der Waals surface area contributed by atoms with Crippen LogP contribution in [0.3, 0.4) is 0 Å². The zero-order chi connectivity index (χ0) is 45.8. The zero-order valence-corrected chi connectivity index (χ0v) is 37.7. The number of carbonyl (C=O) groups is 3. The first kappa shape index (κ1) is 46.9. The number of anilines is 2. The highest BCUT2D eigenvalue weighted by atomic mass is 32.3. The van der Waals surface area contributed by atoms with Crippen molar-refractivity contribution >= 4 is 60.5 Å². The molecule has 2 amide bonds. The summed E-state index contributed by atoms with van der Waals surface area (Å²) in [6.45, 7) is 13.5. The number of hydrogen-bond donors (Lipinski definition) is 1. The fraction of sp³-hybridized carbons (Fsp3) is 0.333. The number of benzene rings is 4. The third-order valence-corrected chi connectivity index (χ3v) is 13.4. The molecule has 0 bridgehead atoms. The molecule has 62 heavy (non-hydrogen) atoms. The summed E-state index contributed by atoms with van der Waals surface area (Å²) in [5.74, 6) is -0.687. The molecule has 0 aliphatic rings. The molecule has 1 aromatic heterocycles. The van der Waals surface area contributed by atoms with Crippen molar-refractivity contribution < 1.29 is 49.8 Å². The highest BCUT2D eigenvalue weighted by Crippen LogP contribution is 2.35. The first-order valence-corrected chi connectivity index (χ1v) is 22.5. The van der Waals surface area contributed by atoms with Crippen LogP contribution in [-0.4, -0.2) is 65.9 Å². The monoisotopic (exact) mass is 889 g/mol. The van der Waals surface area contributed by atoms with Gasteiger partial charge in [-0.05, 0) is 140 Å². The molecule has 0 saturated heterocycles. The molecule has 0 aliphatic carbocycles. The number of nitrogens with zero attached hydrogens (tertiary/aromatic N) is 2. The van der Waals surface area contributed by atoms with Gasteiger partial charge >= 0.3 is 23.8 Å². The summed E-state index contributed by atoms with van der Waals surface area (Å²) in [5, 5.41) is 2.79. The van der Waals surface area contributed by atoms with Crippen LogP contribution < -0.4 is 19.6 Å². The molecule has 330 valence electrons. The van der Waals surface area contributed by atoms with E-state index < -0.39 is 66.0 Å². The molecule has 4 aromatic carbocycles. The maximum atomic E-state index is 14.5. The van der Waals surface area contributed by atoms with Crippen molar-refractivity contribution in [2.24, 2.45) is 0 Å². The first-order valence-electron chi connectivity index (χ1n) is 19.6. The second-order valence-electron chi connectivity index (χ2n) is 16.5.